The SMILES string of the molecule is Cc1cc(Nc2ncc3c(n2)N(c2cccc(C4(O[Si](C)(C)C(C)(C)C)CC4)n2)N(C(C)C)C3)ccc1OC1(C)CCN(C)CC1. The third kappa shape index (κ3) is 6.54. The van der Waals surface area contributed by atoms with E-state index in [1.54, 1.807) is 0 Å². The molecule has 9 nitrogen and oxygen atoms in total. The highest BCUT2D eigenvalue weighted by Gasteiger charge is 2.53. The van der Waals surface area contributed by atoms with Crippen LogP contribution in [0.25, 0.3) is 0 Å². The van der Waals surface area contributed by atoms with Crippen LogP contribution >= 0.6 is 0 Å². The summed E-state index contributed by atoms with van der Waals surface area (Å²) >= 11 is 0. The molecule has 2 fully saturated rings. The first-order valence-electron chi connectivity index (χ1n) is 16.9. The van der Waals surface area contributed by atoms with Gasteiger partial charge in [-0.3, -0.25) is 0 Å². The van der Waals surface area contributed by atoms with Crippen molar-refractivity contribution in [2.24, 2.45) is 0 Å². The monoisotopic (exact) mass is 643 g/mol. The van der Waals surface area contributed by atoms with Crippen LogP contribution in [0.2, 0.25) is 18.1 Å². The van der Waals surface area contributed by atoms with E-state index in [2.05, 4.69) is 125 Å². The minimum atomic E-state index is -1.97. The quantitative estimate of drug-likeness (QED) is 0.233. The van der Waals surface area contributed by atoms with Crippen LogP contribution in [0.1, 0.15) is 84.0 Å². The first-order valence-corrected chi connectivity index (χ1v) is 19.8. The normalized spacial score (nSPS) is 19.8. The number of ether oxygens (including phenoxy) is 1. The second-order valence-corrected chi connectivity index (χ2v) is 20.5. The van der Waals surface area contributed by atoms with Crippen LogP contribution in [-0.4, -0.2) is 65.0 Å². The standard InChI is InChI=1S/C36H53N7O2Si/c1-25(2)42-24-27-23-37-33(38-28-14-15-29(26(3)22-28)44-35(7)18-20-41(8)21-19-35)40-32(27)43(42)31-13-11-12-30(39-31)36(16-17-36)45-46(9,10)34(4,5)6/h11-15,22-23,25H,16-21,24H2,1-10H3,(H,37,38,40). The second kappa shape index (κ2) is 11.9. The third-order valence-electron chi connectivity index (χ3n) is 10.4. The average Bonchev–Trinajstić information content (AvgIpc) is 3.66. The highest BCUT2D eigenvalue weighted by Crippen LogP contribution is 2.54. The maximum Gasteiger partial charge on any atom is 0.229 e. The van der Waals surface area contributed by atoms with Gasteiger partial charge >= 0.3 is 0 Å². The largest absolute Gasteiger partial charge is 0.487 e. The van der Waals surface area contributed by atoms with Crippen molar-refractivity contribution in [3.8, 4) is 5.75 Å². The Bertz CT molecular complexity index is 1570. The number of hydrogen-bond acceptors (Lipinski definition) is 9. The minimum Gasteiger partial charge on any atom is -0.487 e. The number of nitrogens with zero attached hydrogens (tertiary/aromatic N) is 6. The van der Waals surface area contributed by atoms with Gasteiger partial charge in [0.2, 0.25) is 5.95 Å². The molecule has 1 aliphatic carbocycles. The molecule has 0 atom stereocenters. The fraction of sp³-hybridized carbons (Fsp3) is 0.583. The van der Waals surface area contributed by atoms with E-state index >= 15 is 0 Å². The smallest absolute Gasteiger partial charge is 0.229 e. The fourth-order valence-corrected chi connectivity index (χ4v) is 7.76. The van der Waals surface area contributed by atoms with Crippen molar-refractivity contribution in [3.63, 3.8) is 0 Å². The molecule has 3 aliphatic rings. The van der Waals surface area contributed by atoms with Gasteiger partial charge in [0, 0.05) is 43.1 Å². The maximum atomic E-state index is 7.00. The summed E-state index contributed by atoms with van der Waals surface area (Å²) in [6.07, 6.45) is 6.02. The molecule has 1 aromatic carbocycles. The number of fused-ring (bicyclic) bond motifs is 1. The fourth-order valence-electron chi connectivity index (χ4n) is 6.16. The lowest BCUT2D eigenvalue weighted by Gasteiger charge is -2.39. The molecule has 0 amide bonds. The van der Waals surface area contributed by atoms with E-state index in [0.717, 1.165) is 85.2 Å². The number of hydrogen-bond donors (Lipinski definition) is 1. The first kappa shape index (κ1) is 32.9. The van der Waals surface area contributed by atoms with E-state index in [-0.39, 0.29) is 22.3 Å². The van der Waals surface area contributed by atoms with Crippen molar-refractivity contribution < 1.29 is 9.16 Å². The number of aryl methyl sites for hydroxylation is 1. The van der Waals surface area contributed by atoms with E-state index in [1.165, 1.54) is 0 Å². The summed E-state index contributed by atoms with van der Waals surface area (Å²) in [5.41, 5.74) is 3.70. The van der Waals surface area contributed by atoms with Crippen molar-refractivity contribution >= 4 is 31.6 Å². The molecule has 0 bridgehead atoms. The van der Waals surface area contributed by atoms with Gasteiger partial charge in [0.05, 0.1) is 11.3 Å². The number of aromatic nitrogens is 3. The topological polar surface area (TPSA) is 78.9 Å². The molecule has 0 radical (unpaired) electrons. The number of piperidine rings is 1. The number of nitrogens with one attached hydrogen (secondary N) is 1. The molecule has 3 aromatic rings. The van der Waals surface area contributed by atoms with Crippen LogP contribution in [0, 0.1) is 6.92 Å². The van der Waals surface area contributed by atoms with Crippen molar-refractivity contribution in [1.29, 1.82) is 0 Å². The van der Waals surface area contributed by atoms with Crippen LogP contribution < -0.4 is 15.1 Å². The molecule has 248 valence electrons. The van der Waals surface area contributed by atoms with Crippen LogP contribution in [-0.2, 0) is 16.6 Å². The second-order valence-electron chi connectivity index (χ2n) is 15.7. The number of likely N-dealkylation sites (tertiary alicyclic amines) is 1. The van der Waals surface area contributed by atoms with Crippen LogP contribution in [0.4, 0.5) is 23.3 Å². The van der Waals surface area contributed by atoms with Gasteiger partial charge < -0.3 is 19.4 Å². The predicted molar refractivity (Wildman–Crippen MR) is 189 cm³/mol. The van der Waals surface area contributed by atoms with Gasteiger partial charge in [0.1, 0.15) is 17.2 Å². The Hall–Kier alpha value is -3.05. The number of hydrazine groups is 1. The van der Waals surface area contributed by atoms with Gasteiger partial charge in [0.25, 0.3) is 0 Å². The highest BCUT2D eigenvalue weighted by atomic mass is 28.4. The summed E-state index contributed by atoms with van der Waals surface area (Å²) in [7, 11) is 0.204. The van der Waals surface area contributed by atoms with E-state index in [0.29, 0.717) is 5.95 Å². The van der Waals surface area contributed by atoms with Gasteiger partial charge in [0.15, 0.2) is 14.1 Å². The lowest BCUT2D eigenvalue weighted by molar-refractivity contribution is 0.0235. The highest BCUT2D eigenvalue weighted by molar-refractivity contribution is 6.74. The Morgan fingerprint density at radius 2 is 1.72 bits per heavy atom. The van der Waals surface area contributed by atoms with Gasteiger partial charge in [-0.1, -0.05) is 26.8 Å². The summed E-state index contributed by atoms with van der Waals surface area (Å²) < 4.78 is 13.6. The van der Waals surface area contributed by atoms with Crippen molar-refractivity contribution in [2.75, 3.05) is 30.5 Å². The Balaban J connectivity index is 1.24. The van der Waals surface area contributed by atoms with Crippen LogP contribution in [0.15, 0.2) is 42.6 Å². The summed E-state index contributed by atoms with van der Waals surface area (Å²) in [5, 5.41) is 8.07. The Morgan fingerprint density at radius 1 is 1.00 bits per heavy atom. The number of pyridine rings is 1. The molecular formula is C36H53N7O2Si. The number of benzene rings is 1. The molecule has 6 rings (SSSR count). The number of rotatable bonds is 9. The van der Waals surface area contributed by atoms with Gasteiger partial charge in [-0.05, 0) is 114 Å². The average molecular weight is 644 g/mol. The van der Waals surface area contributed by atoms with Crippen molar-refractivity contribution in [3.05, 3.63) is 59.4 Å². The van der Waals surface area contributed by atoms with E-state index < -0.39 is 8.32 Å². The van der Waals surface area contributed by atoms with Crippen LogP contribution in [0.3, 0.4) is 0 Å². The Morgan fingerprint density at radius 3 is 2.35 bits per heavy atom. The molecule has 1 saturated heterocycles. The Labute approximate surface area is 276 Å². The zero-order chi connectivity index (χ0) is 33.1. The molecule has 2 aliphatic heterocycles. The maximum absolute atomic E-state index is 7.00. The Kier molecular flexibility index (Phi) is 8.49. The lowest BCUT2D eigenvalue weighted by Crippen LogP contribution is -2.44. The molecule has 1 saturated carbocycles. The molecule has 10 heteroatoms. The summed E-state index contributed by atoms with van der Waals surface area (Å²) in [5.74, 6) is 3.21. The first-order chi connectivity index (χ1) is 21.6. The summed E-state index contributed by atoms with van der Waals surface area (Å²) in [4.78, 5) is 17.4. The summed E-state index contributed by atoms with van der Waals surface area (Å²) in [6, 6.07) is 12.8. The van der Waals surface area contributed by atoms with E-state index in [4.69, 9.17) is 24.1 Å². The third-order valence-corrected chi connectivity index (χ3v) is 15.0. The number of anilines is 4. The van der Waals surface area contributed by atoms with Gasteiger partial charge in [-0.15, -0.1) is 0 Å². The van der Waals surface area contributed by atoms with Crippen LogP contribution in [0.5, 0.6) is 5.75 Å². The zero-order valence-electron chi connectivity index (χ0n) is 29.6. The molecule has 4 heterocycles. The van der Waals surface area contributed by atoms with Gasteiger partial charge in [-0.25, -0.2) is 20.0 Å². The van der Waals surface area contributed by atoms with E-state index in [9.17, 15) is 0 Å². The minimum absolute atomic E-state index is 0.137. The molecule has 2 aromatic heterocycles. The lowest BCUT2D eigenvalue weighted by atomic mass is 9.93. The molecule has 46 heavy (non-hydrogen) atoms. The molecule has 0 spiro atoms. The van der Waals surface area contributed by atoms with Gasteiger partial charge in [-0.2, -0.15) is 4.98 Å². The molecule has 1 N–H and O–H groups in total. The van der Waals surface area contributed by atoms with Crippen molar-refractivity contribution in [1.82, 2.24) is 24.9 Å². The zero-order valence-corrected chi connectivity index (χ0v) is 30.6. The van der Waals surface area contributed by atoms with E-state index in [1.807, 2.05) is 6.20 Å². The summed E-state index contributed by atoms with van der Waals surface area (Å²) in [6.45, 7) is 23.1. The predicted octanol–water partition coefficient (Wildman–Crippen LogP) is 8.07. The molecular weight excluding hydrogens is 591 g/mol. The van der Waals surface area contributed by atoms with Crippen molar-refractivity contribution in [2.45, 2.75) is 116 Å². The molecule has 0 unspecified atom stereocenters.